The highest BCUT2D eigenvalue weighted by Crippen LogP contribution is 2.49. The highest BCUT2D eigenvalue weighted by atomic mass is 19.3. The zero-order valence-corrected chi connectivity index (χ0v) is 14.5. The summed E-state index contributed by atoms with van der Waals surface area (Å²) in [5, 5.41) is 6.41. The molecule has 25 heavy (non-hydrogen) atoms. The lowest BCUT2D eigenvalue weighted by molar-refractivity contribution is 0.101. The van der Waals surface area contributed by atoms with Crippen LogP contribution in [-0.4, -0.2) is 15.7 Å². The standard InChI is InChI=1S/C16H17F2N3O.C3H6/c1-9-7-11(9)10-5-3-4-6-13(10)19-16(22)12-8-21(2)20-14(12)15(17)18;1-2-3-1/h3-6,8-9,11,15H,7H2,1-2H3,(H,19,22);1-3H2. The number of benzene rings is 1. The first-order chi connectivity index (χ1) is 12.0. The summed E-state index contributed by atoms with van der Waals surface area (Å²) in [4.78, 5) is 12.3. The minimum Gasteiger partial charge on any atom is -0.322 e. The molecule has 1 aromatic heterocycles. The van der Waals surface area contributed by atoms with Gasteiger partial charge in [-0.05, 0) is 29.9 Å². The van der Waals surface area contributed by atoms with Gasteiger partial charge in [0.25, 0.3) is 12.3 Å². The Morgan fingerprint density at radius 3 is 2.48 bits per heavy atom. The number of hydrogen-bond donors (Lipinski definition) is 1. The van der Waals surface area contributed by atoms with E-state index >= 15 is 0 Å². The van der Waals surface area contributed by atoms with Crippen molar-refractivity contribution in [3.63, 3.8) is 0 Å². The molecule has 1 aromatic carbocycles. The maximum absolute atomic E-state index is 13.0. The van der Waals surface area contributed by atoms with Crippen LogP contribution in [0.5, 0.6) is 0 Å². The number of nitrogens with zero attached hydrogens (tertiary/aromatic N) is 2. The van der Waals surface area contributed by atoms with E-state index in [1.807, 2.05) is 18.2 Å². The van der Waals surface area contributed by atoms with Gasteiger partial charge in [0.05, 0.1) is 5.56 Å². The van der Waals surface area contributed by atoms with Crippen LogP contribution < -0.4 is 5.32 Å². The second kappa shape index (κ2) is 7.33. The SMILES string of the molecule is C1CC1.CC1CC1c1ccccc1NC(=O)c1cn(C)nc1C(F)F. The molecule has 1 N–H and O–H groups in total. The number of carbonyl (C=O) groups excluding carboxylic acids is 1. The third-order valence-electron chi connectivity index (χ3n) is 4.38. The van der Waals surface area contributed by atoms with E-state index in [0.29, 0.717) is 17.5 Å². The maximum Gasteiger partial charge on any atom is 0.282 e. The molecule has 4 rings (SSSR count). The number of carbonyl (C=O) groups is 1. The Morgan fingerprint density at radius 2 is 1.92 bits per heavy atom. The monoisotopic (exact) mass is 347 g/mol. The van der Waals surface area contributed by atoms with Crippen LogP contribution in [0.3, 0.4) is 0 Å². The molecule has 0 bridgehead atoms. The summed E-state index contributed by atoms with van der Waals surface area (Å²) < 4.78 is 27.1. The zero-order valence-electron chi connectivity index (χ0n) is 14.5. The largest absolute Gasteiger partial charge is 0.322 e. The number of hydrogen-bond acceptors (Lipinski definition) is 2. The van der Waals surface area contributed by atoms with Gasteiger partial charge in [0.1, 0.15) is 5.69 Å². The van der Waals surface area contributed by atoms with Crippen LogP contribution in [-0.2, 0) is 7.05 Å². The van der Waals surface area contributed by atoms with Crippen molar-refractivity contribution in [3.05, 3.63) is 47.3 Å². The summed E-state index contributed by atoms with van der Waals surface area (Å²) in [6, 6.07) is 7.52. The van der Waals surface area contributed by atoms with Crippen molar-refractivity contribution < 1.29 is 13.6 Å². The number of aryl methyl sites for hydroxylation is 1. The fourth-order valence-electron chi connectivity index (χ4n) is 2.72. The number of aromatic nitrogens is 2. The molecule has 2 saturated carbocycles. The lowest BCUT2D eigenvalue weighted by atomic mass is 10.1. The quantitative estimate of drug-likeness (QED) is 0.855. The van der Waals surface area contributed by atoms with Gasteiger partial charge in [0.2, 0.25) is 0 Å². The first-order valence-electron chi connectivity index (χ1n) is 8.69. The van der Waals surface area contributed by atoms with Gasteiger partial charge >= 0.3 is 0 Å². The van der Waals surface area contributed by atoms with E-state index in [2.05, 4.69) is 17.3 Å². The van der Waals surface area contributed by atoms with Gasteiger partial charge in [-0.15, -0.1) is 0 Å². The first kappa shape index (κ1) is 17.6. The average molecular weight is 347 g/mol. The molecule has 1 amide bonds. The molecule has 1 heterocycles. The number of alkyl halides is 2. The number of nitrogens with one attached hydrogen (secondary N) is 1. The van der Waals surface area contributed by atoms with Gasteiger partial charge in [-0.1, -0.05) is 44.4 Å². The Hall–Kier alpha value is -2.24. The van der Waals surface area contributed by atoms with E-state index < -0.39 is 18.0 Å². The molecule has 2 unspecified atom stereocenters. The number of halogens is 2. The average Bonchev–Trinajstić information content (AvgIpc) is 3.49. The number of para-hydroxylation sites is 1. The normalized spacial score (nSPS) is 20.7. The number of amides is 1. The highest BCUT2D eigenvalue weighted by Gasteiger charge is 2.35. The zero-order chi connectivity index (χ0) is 18.0. The molecule has 4 nitrogen and oxygen atoms in total. The van der Waals surface area contributed by atoms with Crippen LogP contribution in [0.4, 0.5) is 14.5 Å². The van der Waals surface area contributed by atoms with E-state index in [1.54, 1.807) is 6.07 Å². The van der Waals surface area contributed by atoms with Crippen molar-refractivity contribution in [2.75, 3.05) is 5.32 Å². The molecule has 2 aromatic rings. The van der Waals surface area contributed by atoms with Crippen LogP contribution in [0.15, 0.2) is 30.5 Å². The Bertz CT molecular complexity index is 752. The molecule has 2 aliphatic rings. The fraction of sp³-hybridized carbons (Fsp3) is 0.474. The van der Waals surface area contributed by atoms with Crippen LogP contribution >= 0.6 is 0 Å². The minimum atomic E-state index is -2.78. The summed E-state index contributed by atoms with van der Waals surface area (Å²) >= 11 is 0. The van der Waals surface area contributed by atoms with Gasteiger partial charge in [-0.25, -0.2) is 8.78 Å². The van der Waals surface area contributed by atoms with Crippen LogP contribution in [0.25, 0.3) is 0 Å². The van der Waals surface area contributed by atoms with Gasteiger partial charge in [-0.2, -0.15) is 5.10 Å². The molecule has 0 saturated heterocycles. The predicted octanol–water partition coefficient (Wildman–Crippen LogP) is 4.90. The summed E-state index contributed by atoms with van der Waals surface area (Å²) in [7, 11) is 1.52. The van der Waals surface area contributed by atoms with E-state index in [9.17, 15) is 13.6 Å². The second-order valence-electron chi connectivity index (χ2n) is 6.82. The van der Waals surface area contributed by atoms with Gasteiger partial charge in [-0.3, -0.25) is 9.48 Å². The number of rotatable bonds is 4. The van der Waals surface area contributed by atoms with Crippen molar-refractivity contribution >= 4 is 11.6 Å². The van der Waals surface area contributed by atoms with E-state index in [4.69, 9.17) is 0 Å². The van der Waals surface area contributed by atoms with Crippen LogP contribution in [0.1, 0.15) is 66.6 Å². The van der Waals surface area contributed by atoms with Crippen molar-refractivity contribution in [1.82, 2.24) is 9.78 Å². The maximum atomic E-state index is 13.0. The van der Waals surface area contributed by atoms with E-state index in [1.165, 1.54) is 37.2 Å². The lowest BCUT2D eigenvalue weighted by Gasteiger charge is -2.10. The van der Waals surface area contributed by atoms with Crippen molar-refractivity contribution in [1.29, 1.82) is 0 Å². The second-order valence-corrected chi connectivity index (χ2v) is 6.82. The van der Waals surface area contributed by atoms with Crippen molar-refractivity contribution in [3.8, 4) is 0 Å². The summed E-state index contributed by atoms with van der Waals surface area (Å²) in [5.74, 6) is 0.470. The summed E-state index contributed by atoms with van der Waals surface area (Å²) in [5.41, 5.74) is 1.17. The molecular formula is C19H23F2N3O. The van der Waals surface area contributed by atoms with Gasteiger partial charge in [0.15, 0.2) is 0 Å². The van der Waals surface area contributed by atoms with Crippen LogP contribution in [0.2, 0.25) is 0 Å². The first-order valence-corrected chi connectivity index (χ1v) is 8.69. The topological polar surface area (TPSA) is 46.9 Å². The van der Waals surface area contributed by atoms with Crippen molar-refractivity contribution in [2.24, 2.45) is 13.0 Å². The molecule has 0 spiro atoms. The van der Waals surface area contributed by atoms with Crippen molar-refractivity contribution in [2.45, 2.75) is 45.0 Å². The molecule has 0 radical (unpaired) electrons. The van der Waals surface area contributed by atoms with Gasteiger partial charge in [0, 0.05) is 18.9 Å². The van der Waals surface area contributed by atoms with E-state index in [0.717, 1.165) is 12.0 Å². The molecule has 2 fully saturated rings. The fourth-order valence-corrected chi connectivity index (χ4v) is 2.72. The molecule has 2 atom stereocenters. The number of anilines is 1. The molecule has 2 aliphatic carbocycles. The van der Waals surface area contributed by atoms with E-state index in [-0.39, 0.29) is 5.56 Å². The molecular weight excluding hydrogens is 324 g/mol. The molecule has 6 heteroatoms. The molecule has 0 aliphatic heterocycles. The summed E-state index contributed by atoms with van der Waals surface area (Å²) in [6.45, 7) is 2.15. The third kappa shape index (κ3) is 4.44. The Balaban J connectivity index is 0.000000549. The smallest absolute Gasteiger partial charge is 0.282 e. The van der Waals surface area contributed by atoms with Crippen LogP contribution in [0, 0.1) is 5.92 Å². The Kier molecular flexibility index (Phi) is 5.16. The predicted molar refractivity (Wildman–Crippen MR) is 92.9 cm³/mol. The lowest BCUT2D eigenvalue weighted by Crippen LogP contribution is -2.14. The Morgan fingerprint density at radius 1 is 1.28 bits per heavy atom. The van der Waals surface area contributed by atoms with Gasteiger partial charge < -0.3 is 5.32 Å². The highest BCUT2D eigenvalue weighted by molar-refractivity contribution is 6.05. The Labute approximate surface area is 146 Å². The third-order valence-corrected chi connectivity index (χ3v) is 4.38. The summed E-state index contributed by atoms with van der Waals surface area (Å²) in [6.07, 6.45) is 4.13. The minimum absolute atomic E-state index is 0.0869. The molecule has 134 valence electrons.